The molecule has 6 heteroatoms. The second kappa shape index (κ2) is 10.2. The van der Waals surface area contributed by atoms with Crippen LogP contribution < -0.4 is 15.4 Å². The molecular formula is C24H33FN2O3. The van der Waals surface area contributed by atoms with Crippen molar-refractivity contribution < 1.29 is 18.7 Å². The quantitative estimate of drug-likeness (QED) is 0.322. The zero-order chi connectivity index (χ0) is 21.6. The van der Waals surface area contributed by atoms with Gasteiger partial charge in [-0.3, -0.25) is 14.9 Å². The summed E-state index contributed by atoms with van der Waals surface area (Å²) in [7, 11) is 0. The molecule has 1 aliphatic carbocycles. The topological polar surface area (TPSA) is 67.4 Å². The minimum absolute atomic E-state index is 0.0918. The fourth-order valence-electron chi connectivity index (χ4n) is 3.56. The number of piperidine rings is 1. The molecule has 2 fully saturated rings. The van der Waals surface area contributed by atoms with Crippen molar-refractivity contribution >= 4 is 11.8 Å². The maximum Gasteiger partial charge on any atom is 0.229 e. The summed E-state index contributed by atoms with van der Waals surface area (Å²) in [6.45, 7) is 5.60. The van der Waals surface area contributed by atoms with E-state index in [1.165, 1.54) is 18.9 Å². The zero-order valence-corrected chi connectivity index (χ0v) is 18.0. The molecule has 1 aliphatic heterocycles. The molecule has 0 radical (unpaired) electrons. The Balaban J connectivity index is 1.38. The molecule has 3 rings (SSSR count). The van der Waals surface area contributed by atoms with Gasteiger partial charge < -0.3 is 10.1 Å². The van der Waals surface area contributed by atoms with Crippen molar-refractivity contribution in [2.45, 2.75) is 64.3 Å². The van der Waals surface area contributed by atoms with E-state index < -0.39 is 0 Å². The number of nitrogens with one attached hydrogen (secondary N) is 2. The van der Waals surface area contributed by atoms with E-state index in [0.29, 0.717) is 37.5 Å². The second-order valence-corrected chi connectivity index (χ2v) is 8.95. The molecule has 1 aromatic carbocycles. The molecule has 0 aromatic heterocycles. The first-order valence-corrected chi connectivity index (χ1v) is 11.0. The summed E-state index contributed by atoms with van der Waals surface area (Å²) in [6.07, 6.45) is 10.1. The number of halogens is 1. The monoisotopic (exact) mass is 416 g/mol. The molecule has 0 bridgehead atoms. The highest BCUT2D eigenvalue weighted by atomic mass is 19.1. The number of rotatable bonds is 11. The molecule has 1 atom stereocenters. The first kappa shape index (κ1) is 22.5. The Morgan fingerprint density at radius 3 is 2.77 bits per heavy atom. The molecule has 2 amide bonds. The highest BCUT2D eigenvalue weighted by molar-refractivity contribution is 5.98. The van der Waals surface area contributed by atoms with Crippen LogP contribution in [0.4, 0.5) is 4.39 Å². The molecule has 1 unspecified atom stereocenters. The summed E-state index contributed by atoms with van der Waals surface area (Å²) in [6, 6.07) is 5.11. The molecule has 1 saturated heterocycles. The van der Waals surface area contributed by atoms with Gasteiger partial charge in [0.2, 0.25) is 11.8 Å². The Kier molecular flexibility index (Phi) is 7.64. The van der Waals surface area contributed by atoms with Crippen molar-refractivity contribution in [3.05, 3.63) is 41.7 Å². The van der Waals surface area contributed by atoms with Gasteiger partial charge in [0.1, 0.15) is 0 Å². The van der Waals surface area contributed by atoms with Gasteiger partial charge in [-0.15, -0.1) is 0 Å². The van der Waals surface area contributed by atoms with Gasteiger partial charge in [-0.2, -0.15) is 0 Å². The van der Waals surface area contributed by atoms with Crippen LogP contribution in [0.15, 0.2) is 30.4 Å². The number of carbonyl (C=O) groups excluding carboxylic acids is 2. The van der Waals surface area contributed by atoms with Crippen LogP contribution in [-0.2, 0) is 15.1 Å². The number of unbranched alkanes of at least 4 members (excludes halogenated alkanes) is 1. The summed E-state index contributed by atoms with van der Waals surface area (Å²) in [4.78, 5) is 22.9. The summed E-state index contributed by atoms with van der Waals surface area (Å²) in [5.74, 6) is 0.200. The maximum absolute atomic E-state index is 14.0. The Hall–Kier alpha value is -2.21. The minimum atomic E-state index is -0.309. The number of benzene rings is 1. The van der Waals surface area contributed by atoms with Crippen molar-refractivity contribution in [3.63, 3.8) is 0 Å². The van der Waals surface area contributed by atoms with Crippen molar-refractivity contribution in [1.29, 1.82) is 0 Å². The third-order valence-corrected chi connectivity index (χ3v) is 5.88. The van der Waals surface area contributed by atoms with Gasteiger partial charge in [0.15, 0.2) is 11.6 Å². The van der Waals surface area contributed by atoms with Crippen LogP contribution in [-0.4, -0.2) is 25.0 Å². The smallest absolute Gasteiger partial charge is 0.229 e. The van der Waals surface area contributed by atoms with Crippen LogP contribution in [0.3, 0.4) is 0 Å². The van der Waals surface area contributed by atoms with Gasteiger partial charge >= 0.3 is 0 Å². The molecular weight excluding hydrogens is 383 g/mol. The second-order valence-electron chi connectivity index (χ2n) is 8.95. The Morgan fingerprint density at radius 1 is 1.23 bits per heavy atom. The van der Waals surface area contributed by atoms with Crippen LogP contribution >= 0.6 is 0 Å². The van der Waals surface area contributed by atoms with E-state index in [9.17, 15) is 14.0 Å². The molecule has 1 heterocycles. The zero-order valence-electron chi connectivity index (χ0n) is 18.0. The van der Waals surface area contributed by atoms with E-state index in [1.54, 1.807) is 0 Å². The fraction of sp³-hybridized carbons (Fsp3) is 0.583. The maximum atomic E-state index is 14.0. The molecule has 1 saturated carbocycles. The predicted molar refractivity (Wildman–Crippen MR) is 115 cm³/mol. The van der Waals surface area contributed by atoms with Crippen molar-refractivity contribution in [1.82, 2.24) is 10.6 Å². The van der Waals surface area contributed by atoms with E-state index in [2.05, 4.69) is 30.6 Å². The van der Waals surface area contributed by atoms with Crippen LogP contribution in [0.2, 0.25) is 0 Å². The van der Waals surface area contributed by atoms with Gasteiger partial charge in [0.05, 0.1) is 6.61 Å². The average molecular weight is 417 g/mol. The number of amides is 2. The van der Waals surface area contributed by atoms with E-state index in [4.69, 9.17) is 4.74 Å². The average Bonchev–Trinajstić information content (AvgIpc) is 3.52. The largest absolute Gasteiger partial charge is 0.490 e. The number of imide groups is 1. The number of hydrogen-bond acceptors (Lipinski definition) is 4. The Bertz CT molecular complexity index is 787. The molecule has 0 spiro atoms. The Morgan fingerprint density at radius 2 is 2.03 bits per heavy atom. The SMILES string of the molecule is CC(C)(NCCC/C=C/CC1CCC(=O)NC1=O)c1ccc(F)c(OCC2CC2)c1. The summed E-state index contributed by atoms with van der Waals surface area (Å²) >= 11 is 0. The standard InChI is InChI=1S/C24H33FN2O3/c1-24(2,19-11-12-20(25)21(15-19)30-16-17-8-9-17)26-14-6-4-3-5-7-18-10-13-22(28)27-23(18)29/h3,5,11-12,15,17-18,26H,4,6-10,13-14,16H2,1-2H3,(H,27,28,29)/b5-3+. The van der Waals surface area contributed by atoms with Crippen LogP contribution in [0.5, 0.6) is 5.75 Å². The van der Waals surface area contributed by atoms with Gasteiger partial charge in [-0.05, 0) is 82.5 Å². The lowest BCUT2D eigenvalue weighted by molar-refractivity contribution is -0.136. The number of carbonyl (C=O) groups is 2. The molecule has 30 heavy (non-hydrogen) atoms. The molecule has 164 valence electrons. The number of hydrogen-bond donors (Lipinski definition) is 2. The van der Waals surface area contributed by atoms with Crippen LogP contribution in [0.1, 0.15) is 64.4 Å². The van der Waals surface area contributed by atoms with Crippen molar-refractivity contribution in [3.8, 4) is 5.75 Å². The van der Waals surface area contributed by atoms with Crippen molar-refractivity contribution in [2.24, 2.45) is 11.8 Å². The van der Waals surface area contributed by atoms with E-state index in [-0.39, 0.29) is 29.1 Å². The molecule has 5 nitrogen and oxygen atoms in total. The predicted octanol–water partition coefficient (Wildman–Crippen LogP) is 4.22. The lowest BCUT2D eigenvalue weighted by Crippen LogP contribution is -2.40. The van der Waals surface area contributed by atoms with E-state index >= 15 is 0 Å². The Labute approximate surface area is 178 Å². The van der Waals surface area contributed by atoms with Crippen molar-refractivity contribution in [2.75, 3.05) is 13.2 Å². The lowest BCUT2D eigenvalue weighted by Gasteiger charge is -2.27. The lowest BCUT2D eigenvalue weighted by atomic mass is 9.93. The van der Waals surface area contributed by atoms with Gasteiger partial charge in [-0.25, -0.2) is 4.39 Å². The molecule has 2 N–H and O–H groups in total. The van der Waals surface area contributed by atoms with E-state index in [1.807, 2.05) is 18.2 Å². The third kappa shape index (κ3) is 6.66. The van der Waals surface area contributed by atoms with Gasteiger partial charge in [0, 0.05) is 17.9 Å². The first-order chi connectivity index (χ1) is 14.3. The first-order valence-electron chi connectivity index (χ1n) is 11.0. The summed E-state index contributed by atoms with van der Waals surface area (Å²) < 4.78 is 19.7. The summed E-state index contributed by atoms with van der Waals surface area (Å²) in [5, 5.41) is 5.93. The fourth-order valence-corrected chi connectivity index (χ4v) is 3.56. The molecule has 2 aliphatic rings. The third-order valence-electron chi connectivity index (χ3n) is 5.88. The normalized spacial score (nSPS) is 19.9. The van der Waals surface area contributed by atoms with Gasteiger partial charge in [0.25, 0.3) is 0 Å². The van der Waals surface area contributed by atoms with Crippen LogP contribution in [0.25, 0.3) is 0 Å². The summed E-state index contributed by atoms with van der Waals surface area (Å²) in [5.41, 5.74) is 0.713. The minimum Gasteiger partial charge on any atom is -0.490 e. The van der Waals surface area contributed by atoms with E-state index in [0.717, 1.165) is 24.9 Å². The highest BCUT2D eigenvalue weighted by Crippen LogP contribution is 2.31. The molecule has 1 aromatic rings. The number of allylic oxidation sites excluding steroid dienone is 2. The van der Waals surface area contributed by atoms with Crippen LogP contribution in [0, 0.1) is 17.7 Å². The van der Waals surface area contributed by atoms with Gasteiger partial charge in [-0.1, -0.05) is 18.2 Å². The highest BCUT2D eigenvalue weighted by Gasteiger charge is 2.26. The number of ether oxygens (including phenoxy) is 1.